The van der Waals surface area contributed by atoms with Gasteiger partial charge in [-0.25, -0.2) is 0 Å². The van der Waals surface area contributed by atoms with Crippen molar-refractivity contribution in [2.45, 2.75) is 38.6 Å². The number of hydrogen-bond acceptors (Lipinski definition) is 3. The highest BCUT2D eigenvalue weighted by atomic mass is 16.4. The second-order valence-corrected chi connectivity index (χ2v) is 4.36. The molecule has 4 heteroatoms. The summed E-state index contributed by atoms with van der Waals surface area (Å²) in [5.74, 6) is 0.00455. The van der Waals surface area contributed by atoms with Crippen molar-refractivity contribution < 1.29 is 9.90 Å². The molecular formula is C11H22N2O2. The lowest BCUT2D eigenvalue weighted by molar-refractivity contribution is -0.143. The first-order valence-electron chi connectivity index (χ1n) is 5.86. The van der Waals surface area contributed by atoms with Crippen LogP contribution in [0.2, 0.25) is 0 Å². The summed E-state index contributed by atoms with van der Waals surface area (Å²) in [6, 6.07) is -0.479. The van der Waals surface area contributed by atoms with Crippen LogP contribution in [0.25, 0.3) is 0 Å². The van der Waals surface area contributed by atoms with Crippen LogP contribution in [0.1, 0.15) is 32.6 Å². The molecule has 0 amide bonds. The molecule has 0 aromatic rings. The average molecular weight is 214 g/mol. The molecule has 0 radical (unpaired) electrons. The van der Waals surface area contributed by atoms with E-state index in [2.05, 4.69) is 6.92 Å². The Morgan fingerprint density at radius 3 is 2.53 bits per heavy atom. The minimum Gasteiger partial charge on any atom is -0.480 e. The van der Waals surface area contributed by atoms with Crippen LogP contribution < -0.4 is 5.73 Å². The quantitative estimate of drug-likeness (QED) is 0.714. The van der Waals surface area contributed by atoms with E-state index in [0.29, 0.717) is 0 Å². The molecule has 1 heterocycles. The Hall–Kier alpha value is -0.610. The largest absolute Gasteiger partial charge is 0.480 e. The van der Waals surface area contributed by atoms with Crippen molar-refractivity contribution in [3.05, 3.63) is 0 Å². The first kappa shape index (κ1) is 12.5. The van der Waals surface area contributed by atoms with E-state index in [1.54, 1.807) is 0 Å². The lowest BCUT2D eigenvalue weighted by Gasteiger charge is -2.35. The molecule has 15 heavy (non-hydrogen) atoms. The lowest BCUT2D eigenvalue weighted by atomic mass is 9.92. The number of hydrogen-bond donors (Lipinski definition) is 2. The predicted octanol–water partition coefficient (Wildman–Crippen LogP) is 0.910. The average Bonchev–Trinajstić information content (AvgIpc) is 2.21. The number of carboxylic acid groups (broad SMARTS) is 1. The van der Waals surface area contributed by atoms with Crippen molar-refractivity contribution in [2.75, 3.05) is 19.6 Å². The standard InChI is InChI=1S/C11H22N2O2/c1-2-3-9-4-6-13(7-5-9)10(8-12)11(14)15/h9-10H,2-8,12H2,1H3,(H,14,15). The number of nitrogens with zero attached hydrogens (tertiary/aromatic N) is 1. The second-order valence-electron chi connectivity index (χ2n) is 4.36. The molecule has 1 rings (SSSR count). The highest BCUT2D eigenvalue weighted by molar-refractivity contribution is 5.73. The van der Waals surface area contributed by atoms with Crippen molar-refractivity contribution in [1.29, 1.82) is 0 Å². The van der Waals surface area contributed by atoms with Gasteiger partial charge in [0.15, 0.2) is 0 Å². The smallest absolute Gasteiger partial charge is 0.322 e. The number of likely N-dealkylation sites (tertiary alicyclic amines) is 1. The van der Waals surface area contributed by atoms with Crippen LogP contribution in [0, 0.1) is 5.92 Å². The summed E-state index contributed by atoms with van der Waals surface area (Å²) in [5.41, 5.74) is 5.48. The van der Waals surface area contributed by atoms with Gasteiger partial charge < -0.3 is 10.8 Å². The molecule has 88 valence electrons. The minimum absolute atomic E-state index is 0.216. The van der Waals surface area contributed by atoms with Crippen LogP contribution in [-0.4, -0.2) is 41.7 Å². The summed E-state index contributed by atoms with van der Waals surface area (Å²) in [4.78, 5) is 12.9. The molecule has 1 saturated heterocycles. The number of carbonyl (C=O) groups is 1. The number of carboxylic acids is 1. The van der Waals surface area contributed by atoms with Crippen LogP contribution in [0.15, 0.2) is 0 Å². The molecule has 0 bridgehead atoms. The highest BCUT2D eigenvalue weighted by Gasteiger charge is 2.27. The Kier molecular flexibility index (Phi) is 5.05. The van der Waals surface area contributed by atoms with E-state index in [-0.39, 0.29) is 6.54 Å². The maximum atomic E-state index is 10.9. The van der Waals surface area contributed by atoms with Crippen LogP contribution in [0.4, 0.5) is 0 Å². The van der Waals surface area contributed by atoms with Crippen molar-refractivity contribution in [1.82, 2.24) is 4.90 Å². The van der Waals surface area contributed by atoms with Gasteiger partial charge in [0.1, 0.15) is 6.04 Å². The molecule has 0 saturated carbocycles. The van der Waals surface area contributed by atoms with Crippen molar-refractivity contribution in [3.8, 4) is 0 Å². The lowest BCUT2D eigenvalue weighted by Crippen LogP contribution is -2.49. The third-order valence-corrected chi connectivity index (χ3v) is 3.30. The van der Waals surface area contributed by atoms with Gasteiger partial charge in [-0.15, -0.1) is 0 Å². The van der Waals surface area contributed by atoms with E-state index in [1.807, 2.05) is 4.90 Å². The van der Waals surface area contributed by atoms with Crippen LogP contribution in [-0.2, 0) is 4.79 Å². The number of piperidine rings is 1. The fourth-order valence-electron chi connectivity index (χ4n) is 2.37. The monoisotopic (exact) mass is 214 g/mol. The second kappa shape index (κ2) is 6.08. The van der Waals surface area contributed by atoms with Gasteiger partial charge in [-0.3, -0.25) is 9.69 Å². The minimum atomic E-state index is -0.786. The molecule has 1 fully saturated rings. The summed E-state index contributed by atoms with van der Waals surface area (Å²) in [6.07, 6.45) is 4.74. The first-order valence-corrected chi connectivity index (χ1v) is 5.86. The van der Waals surface area contributed by atoms with Gasteiger partial charge in [0, 0.05) is 6.54 Å². The number of nitrogens with two attached hydrogens (primary N) is 1. The molecule has 3 N–H and O–H groups in total. The maximum Gasteiger partial charge on any atom is 0.322 e. The fraction of sp³-hybridized carbons (Fsp3) is 0.909. The van der Waals surface area contributed by atoms with Crippen molar-refractivity contribution >= 4 is 5.97 Å². The van der Waals surface area contributed by atoms with Crippen LogP contribution >= 0.6 is 0 Å². The fourth-order valence-corrected chi connectivity index (χ4v) is 2.37. The van der Waals surface area contributed by atoms with Gasteiger partial charge in [0.05, 0.1) is 0 Å². The molecule has 0 aromatic heterocycles. The zero-order chi connectivity index (χ0) is 11.3. The Morgan fingerprint density at radius 2 is 2.13 bits per heavy atom. The summed E-state index contributed by atoms with van der Waals surface area (Å²) in [7, 11) is 0. The SMILES string of the molecule is CCCC1CCN(C(CN)C(=O)O)CC1. The maximum absolute atomic E-state index is 10.9. The van der Waals surface area contributed by atoms with E-state index in [1.165, 1.54) is 12.8 Å². The van der Waals surface area contributed by atoms with Gasteiger partial charge in [-0.1, -0.05) is 19.8 Å². The highest BCUT2D eigenvalue weighted by Crippen LogP contribution is 2.22. The van der Waals surface area contributed by atoms with E-state index in [0.717, 1.165) is 31.8 Å². The van der Waals surface area contributed by atoms with Crippen molar-refractivity contribution in [2.24, 2.45) is 11.7 Å². The molecule has 1 aliphatic rings. The molecule has 4 nitrogen and oxygen atoms in total. The molecule has 1 atom stereocenters. The van der Waals surface area contributed by atoms with Gasteiger partial charge in [-0.2, -0.15) is 0 Å². The Balaban J connectivity index is 2.38. The molecule has 0 aromatic carbocycles. The zero-order valence-corrected chi connectivity index (χ0v) is 9.48. The normalized spacial score (nSPS) is 21.5. The van der Waals surface area contributed by atoms with Crippen LogP contribution in [0.3, 0.4) is 0 Å². The molecular weight excluding hydrogens is 192 g/mol. The summed E-state index contributed by atoms with van der Waals surface area (Å²) in [5, 5.41) is 8.97. The first-order chi connectivity index (χ1) is 7.19. The van der Waals surface area contributed by atoms with Crippen LogP contribution in [0.5, 0.6) is 0 Å². The predicted molar refractivity (Wildman–Crippen MR) is 59.7 cm³/mol. The summed E-state index contributed by atoms with van der Waals surface area (Å²) < 4.78 is 0. The number of aliphatic carboxylic acids is 1. The zero-order valence-electron chi connectivity index (χ0n) is 9.48. The van der Waals surface area contributed by atoms with Crippen molar-refractivity contribution in [3.63, 3.8) is 0 Å². The van der Waals surface area contributed by atoms with Gasteiger partial charge in [0.2, 0.25) is 0 Å². The van der Waals surface area contributed by atoms with Gasteiger partial charge in [-0.05, 0) is 31.8 Å². The molecule has 0 aliphatic carbocycles. The Morgan fingerprint density at radius 1 is 1.53 bits per heavy atom. The molecule has 0 spiro atoms. The third kappa shape index (κ3) is 3.47. The van der Waals surface area contributed by atoms with E-state index in [9.17, 15) is 4.79 Å². The number of rotatable bonds is 5. The topological polar surface area (TPSA) is 66.6 Å². The van der Waals surface area contributed by atoms with Gasteiger partial charge in [0.25, 0.3) is 0 Å². The van der Waals surface area contributed by atoms with E-state index in [4.69, 9.17) is 10.8 Å². The van der Waals surface area contributed by atoms with E-state index < -0.39 is 12.0 Å². The Bertz CT molecular complexity index is 201. The third-order valence-electron chi connectivity index (χ3n) is 3.30. The molecule has 1 unspecified atom stereocenters. The van der Waals surface area contributed by atoms with E-state index >= 15 is 0 Å². The Labute approximate surface area is 91.4 Å². The summed E-state index contributed by atoms with van der Waals surface area (Å²) in [6.45, 7) is 4.19. The summed E-state index contributed by atoms with van der Waals surface area (Å²) >= 11 is 0. The van der Waals surface area contributed by atoms with Gasteiger partial charge >= 0.3 is 5.97 Å². The molecule has 1 aliphatic heterocycles.